The first-order chi connectivity index (χ1) is 10.1. The summed E-state index contributed by atoms with van der Waals surface area (Å²) in [6.07, 6.45) is 0. The quantitative estimate of drug-likeness (QED) is 0.907. The maximum Gasteiger partial charge on any atom is 0.262 e. The first kappa shape index (κ1) is 14.7. The molecule has 0 fully saturated rings. The number of carbonyl (C=O) groups excluding carboxylic acids is 1. The molecule has 110 valence electrons. The minimum atomic E-state index is -0.362. The number of anilines is 1. The van der Waals surface area contributed by atoms with Gasteiger partial charge in [0.25, 0.3) is 5.91 Å². The Balaban J connectivity index is 2.42. The zero-order chi connectivity index (χ0) is 15.4. The molecular weight excluding hydrogens is 270 g/mol. The minimum absolute atomic E-state index is 0.0774. The Morgan fingerprint density at radius 3 is 2.52 bits per heavy atom. The lowest BCUT2D eigenvalue weighted by molar-refractivity contribution is 0.0985. The van der Waals surface area contributed by atoms with Crippen LogP contribution in [0.2, 0.25) is 0 Å². The molecule has 0 aliphatic heterocycles. The summed E-state index contributed by atoms with van der Waals surface area (Å²) in [6.45, 7) is 2.22. The predicted octanol–water partition coefficient (Wildman–Crippen LogP) is 2.77. The Bertz CT molecular complexity index is 654. The summed E-state index contributed by atoms with van der Waals surface area (Å²) in [5.74, 6) is -0.232. The molecule has 5 heteroatoms. The van der Waals surface area contributed by atoms with Crippen LogP contribution in [0.5, 0.6) is 17.2 Å². The number of nitrogens with zero attached hydrogens (tertiary/aromatic N) is 1. The number of methoxy groups -OCH3 is 1. The van der Waals surface area contributed by atoms with Gasteiger partial charge in [0.05, 0.1) is 12.7 Å². The summed E-state index contributed by atoms with van der Waals surface area (Å²) in [5.41, 5.74) is 0.712. The summed E-state index contributed by atoms with van der Waals surface area (Å²) < 4.78 is 5.01. The van der Waals surface area contributed by atoms with Crippen molar-refractivity contribution < 1.29 is 19.7 Å². The van der Waals surface area contributed by atoms with E-state index in [0.717, 1.165) is 0 Å². The second kappa shape index (κ2) is 6.17. The number of rotatable bonds is 4. The molecule has 0 aliphatic rings. The van der Waals surface area contributed by atoms with E-state index in [1.165, 1.54) is 30.2 Å². The van der Waals surface area contributed by atoms with Crippen LogP contribution in [0.1, 0.15) is 17.3 Å². The van der Waals surface area contributed by atoms with Crippen LogP contribution < -0.4 is 9.64 Å². The van der Waals surface area contributed by atoms with Crippen LogP contribution >= 0.6 is 0 Å². The Morgan fingerprint density at radius 1 is 1.19 bits per heavy atom. The van der Waals surface area contributed by atoms with E-state index in [1.807, 2.05) is 6.92 Å². The molecule has 0 spiro atoms. The van der Waals surface area contributed by atoms with Gasteiger partial charge < -0.3 is 19.8 Å². The van der Waals surface area contributed by atoms with Crippen LogP contribution in [0.3, 0.4) is 0 Å². The van der Waals surface area contributed by atoms with Crippen molar-refractivity contribution in [1.29, 1.82) is 0 Å². The number of aromatic hydroxyl groups is 2. The van der Waals surface area contributed by atoms with Crippen molar-refractivity contribution in [1.82, 2.24) is 0 Å². The van der Waals surface area contributed by atoms with Crippen molar-refractivity contribution in [3.05, 3.63) is 48.0 Å². The Labute approximate surface area is 123 Å². The Morgan fingerprint density at radius 2 is 1.90 bits per heavy atom. The fourth-order valence-corrected chi connectivity index (χ4v) is 2.11. The number of para-hydroxylation sites is 1. The van der Waals surface area contributed by atoms with Crippen molar-refractivity contribution in [2.24, 2.45) is 0 Å². The van der Waals surface area contributed by atoms with Crippen LogP contribution in [-0.2, 0) is 0 Å². The van der Waals surface area contributed by atoms with Gasteiger partial charge in [0.15, 0.2) is 11.5 Å². The zero-order valence-corrected chi connectivity index (χ0v) is 11.9. The lowest BCUT2D eigenvalue weighted by Gasteiger charge is -2.22. The Kier molecular flexibility index (Phi) is 4.33. The molecule has 0 bridgehead atoms. The highest BCUT2D eigenvalue weighted by Gasteiger charge is 2.21. The van der Waals surface area contributed by atoms with Crippen molar-refractivity contribution in [3.8, 4) is 17.2 Å². The van der Waals surface area contributed by atoms with Crippen molar-refractivity contribution >= 4 is 11.6 Å². The van der Waals surface area contributed by atoms with Gasteiger partial charge in [-0.25, -0.2) is 0 Å². The summed E-state index contributed by atoms with van der Waals surface area (Å²) in [6, 6.07) is 11.2. The summed E-state index contributed by atoms with van der Waals surface area (Å²) in [5, 5.41) is 19.6. The monoisotopic (exact) mass is 287 g/mol. The van der Waals surface area contributed by atoms with Crippen molar-refractivity contribution in [3.63, 3.8) is 0 Å². The molecule has 0 radical (unpaired) electrons. The van der Waals surface area contributed by atoms with Crippen LogP contribution in [0, 0.1) is 0 Å². The smallest absolute Gasteiger partial charge is 0.262 e. The van der Waals surface area contributed by atoms with Gasteiger partial charge in [0.1, 0.15) is 5.75 Å². The zero-order valence-electron chi connectivity index (χ0n) is 11.9. The van der Waals surface area contributed by atoms with Gasteiger partial charge in [-0.3, -0.25) is 4.79 Å². The number of benzene rings is 2. The number of amides is 1. The van der Waals surface area contributed by atoms with E-state index >= 15 is 0 Å². The number of phenolic OH excluding ortho intramolecular Hbond substituents is 2. The van der Waals surface area contributed by atoms with Gasteiger partial charge in [0, 0.05) is 18.3 Å². The molecule has 2 aromatic carbocycles. The molecule has 0 unspecified atom stereocenters. The van der Waals surface area contributed by atoms with E-state index in [2.05, 4.69) is 0 Å². The molecule has 5 nitrogen and oxygen atoms in total. The topological polar surface area (TPSA) is 70.0 Å². The minimum Gasteiger partial charge on any atom is -0.508 e. The first-order valence-electron chi connectivity index (χ1n) is 6.55. The van der Waals surface area contributed by atoms with E-state index in [1.54, 1.807) is 24.3 Å². The molecule has 2 N–H and O–H groups in total. The lowest BCUT2D eigenvalue weighted by atomic mass is 10.1. The standard InChI is InChI=1S/C16H17NO4/c1-3-17(11-6-4-7-12(18)10-11)16(20)13-8-5-9-14(21-2)15(13)19/h4-10,18-19H,3H2,1-2H3. The lowest BCUT2D eigenvalue weighted by Crippen LogP contribution is -2.30. The molecule has 1 amide bonds. The second-order valence-corrected chi connectivity index (χ2v) is 4.43. The highest BCUT2D eigenvalue weighted by Crippen LogP contribution is 2.31. The maximum absolute atomic E-state index is 12.6. The molecule has 0 saturated carbocycles. The molecule has 2 rings (SSSR count). The number of phenols is 2. The van der Waals surface area contributed by atoms with Crippen LogP contribution in [0.15, 0.2) is 42.5 Å². The second-order valence-electron chi connectivity index (χ2n) is 4.43. The molecule has 0 heterocycles. The molecule has 0 saturated heterocycles. The number of hydrogen-bond donors (Lipinski definition) is 2. The van der Waals surface area contributed by atoms with Crippen LogP contribution in [0.25, 0.3) is 0 Å². The number of ether oxygens (including phenoxy) is 1. The third-order valence-corrected chi connectivity index (χ3v) is 3.15. The van der Waals surface area contributed by atoms with Crippen molar-refractivity contribution in [2.75, 3.05) is 18.6 Å². The molecular formula is C16H17NO4. The highest BCUT2D eigenvalue weighted by molar-refractivity contribution is 6.08. The fourth-order valence-electron chi connectivity index (χ4n) is 2.11. The number of hydrogen-bond acceptors (Lipinski definition) is 4. The number of carbonyl (C=O) groups is 1. The van der Waals surface area contributed by atoms with Crippen LogP contribution in [-0.4, -0.2) is 29.8 Å². The Hall–Kier alpha value is -2.69. The molecule has 0 atom stereocenters. The average molecular weight is 287 g/mol. The fraction of sp³-hybridized carbons (Fsp3) is 0.188. The van der Waals surface area contributed by atoms with Crippen molar-refractivity contribution in [2.45, 2.75) is 6.92 Å². The van der Waals surface area contributed by atoms with Gasteiger partial charge in [0.2, 0.25) is 0 Å². The largest absolute Gasteiger partial charge is 0.508 e. The normalized spacial score (nSPS) is 10.2. The van der Waals surface area contributed by atoms with Gasteiger partial charge in [-0.15, -0.1) is 0 Å². The molecule has 2 aromatic rings. The third-order valence-electron chi connectivity index (χ3n) is 3.15. The van der Waals surface area contributed by atoms with Gasteiger partial charge in [-0.1, -0.05) is 12.1 Å². The average Bonchev–Trinajstić information content (AvgIpc) is 2.48. The van der Waals surface area contributed by atoms with E-state index < -0.39 is 0 Å². The highest BCUT2D eigenvalue weighted by atomic mass is 16.5. The SMILES string of the molecule is CCN(C(=O)c1cccc(OC)c1O)c1cccc(O)c1. The van der Waals surface area contributed by atoms with Gasteiger partial charge in [-0.2, -0.15) is 0 Å². The van der Waals surface area contributed by atoms with E-state index in [0.29, 0.717) is 12.2 Å². The third kappa shape index (κ3) is 2.91. The first-order valence-corrected chi connectivity index (χ1v) is 6.55. The van der Waals surface area contributed by atoms with E-state index in [9.17, 15) is 15.0 Å². The van der Waals surface area contributed by atoms with Gasteiger partial charge >= 0.3 is 0 Å². The van der Waals surface area contributed by atoms with Crippen LogP contribution in [0.4, 0.5) is 5.69 Å². The molecule has 21 heavy (non-hydrogen) atoms. The van der Waals surface area contributed by atoms with E-state index in [4.69, 9.17) is 4.74 Å². The maximum atomic E-state index is 12.6. The van der Waals surface area contributed by atoms with Gasteiger partial charge in [-0.05, 0) is 31.2 Å². The predicted molar refractivity (Wildman–Crippen MR) is 80.1 cm³/mol. The molecule has 0 aromatic heterocycles. The summed E-state index contributed by atoms with van der Waals surface area (Å²) >= 11 is 0. The molecule has 0 aliphatic carbocycles. The summed E-state index contributed by atoms with van der Waals surface area (Å²) in [4.78, 5) is 14.1. The summed E-state index contributed by atoms with van der Waals surface area (Å²) in [7, 11) is 1.43. The van der Waals surface area contributed by atoms with E-state index in [-0.39, 0.29) is 28.7 Å².